The van der Waals surface area contributed by atoms with E-state index in [2.05, 4.69) is 65.3 Å². The molecule has 1 aliphatic heterocycles. The van der Waals surface area contributed by atoms with Crippen molar-refractivity contribution in [3.05, 3.63) is 70.8 Å². The summed E-state index contributed by atoms with van der Waals surface area (Å²) < 4.78 is 5.57. The molecule has 0 spiro atoms. The molecule has 0 bridgehead atoms. The monoisotopic (exact) mass is 364 g/mol. The third-order valence-electron chi connectivity index (χ3n) is 6.11. The van der Waals surface area contributed by atoms with Crippen molar-refractivity contribution < 1.29 is 4.74 Å². The third-order valence-corrected chi connectivity index (χ3v) is 6.11. The van der Waals surface area contributed by atoms with Gasteiger partial charge in [-0.25, -0.2) is 0 Å². The van der Waals surface area contributed by atoms with E-state index in [1.807, 2.05) is 0 Å². The predicted molar refractivity (Wildman–Crippen MR) is 111 cm³/mol. The molecular formula is C24H32N2O. The minimum atomic E-state index is 0.395. The third kappa shape index (κ3) is 4.26. The highest BCUT2D eigenvalue weighted by molar-refractivity contribution is 5.44. The maximum atomic E-state index is 5.57. The van der Waals surface area contributed by atoms with Gasteiger partial charge >= 0.3 is 0 Å². The Morgan fingerprint density at radius 3 is 2.19 bits per heavy atom. The van der Waals surface area contributed by atoms with Crippen molar-refractivity contribution in [3.63, 3.8) is 0 Å². The summed E-state index contributed by atoms with van der Waals surface area (Å²) in [5, 5.41) is 0. The Bertz CT molecular complexity index is 697. The van der Waals surface area contributed by atoms with Crippen molar-refractivity contribution >= 4 is 0 Å². The molecule has 0 aromatic heterocycles. The van der Waals surface area contributed by atoms with Gasteiger partial charge in [0.1, 0.15) is 0 Å². The highest BCUT2D eigenvalue weighted by Gasteiger charge is 2.29. The van der Waals surface area contributed by atoms with Gasteiger partial charge in [0.05, 0.1) is 12.6 Å². The Labute approximate surface area is 163 Å². The fourth-order valence-electron chi connectivity index (χ4n) is 4.70. The highest BCUT2D eigenvalue weighted by Crippen LogP contribution is 2.37. The second kappa shape index (κ2) is 9.01. The summed E-state index contributed by atoms with van der Waals surface area (Å²) >= 11 is 0. The fourth-order valence-corrected chi connectivity index (χ4v) is 4.70. The quantitative estimate of drug-likeness (QED) is 0.748. The first-order valence-corrected chi connectivity index (χ1v) is 10.6. The van der Waals surface area contributed by atoms with Crippen LogP contribution in [0.5, 0.6) is 0 Å². The first kappa shape index (κ1) is 18.7. The molecule has 1 saturated heterocycles. The van der Waals surface area contributed by atoms with Crippen LogP contribution in [0.1, 0.15) is 41.6 Å². The molecule has 0 amide bonds. The maximum absolute atomic E-state index is 5.57. The lowest BCUT2D eigenvalue weighted by molar-refractivity contribution is 0.114. The summed E-state index contributed by atoms with van der Waals surface area (Å²) in [6, 6.07) is 18.6. The zero-order valence-electron chi connectivity index (χ0n) is 16.6. The number of fused-ring (bicyclic) bond motifs is 2. The van der Waals surface area contributed by atoms with Crippen molar-refractivity contribution in [2.45, 2.75) is 32.2 Å². The second-order valence-corrected chi connectivity index (χ2v) is 7.73. The molecule has 1 fully saturated rings. The predicted octanol–water partition coefficient (Wildman–Crippen LogP) is 3.92. The first-order chi connectivity index (χ1) is 13.4. The molecule has 0 N–H and O–H groups in total. The molecule has 0 radical (unpaired) electrons. The Kier molecular flexibility index (Phi) is 6.23. The van der Waals surface area contributed by atoms with E-state index >= 15 is 0 Å². The topological polar surface area (TPSA) is 15.7 Å². The van der Waals surface area contributed by atoms with Crippen molar-refractivity contribution in [2.75, 3.05) is 45.9 Å². The van der Waals surface area contributed by atoms with Crippen LogP contribution in [0.25, 0.3) is 0 Å². The van der Waals surface area contributed by atoms with Gasteiger partial charge in [-0.05, 0) is 55.0 Å². The summed E-state index contributed by atoms with van der Waals surface area (Å²) in [7, 11) is 0. The van der Waals surface area contributed by atoms with Gasteiger partial charge in [0.25, 0.3) is 0 Å². The van der Waals surface area contributed by atoms with Crippen molar-refractivity contribution in [1.82, 2.24) is 9.80 Å². The number of nitrogens with zero attached hydrogens (tertiary/aromatic N) is 2. The summed E-state index contributed by atoms with van der Waals surface area (Å²) in [6.45, 7) is 9.40. The standard InChI is InChI=1S/C24H32N2O/c1-2-27-19-18-25-14-7-15-26(17-16-25)24-22-10-5-3-8-20(22)12-13-21-9-4-6-11-23(21)24/h3-6,8-11,24H,2,7,12-19H2,1H3. The lowest BCUT2D eigenvalue weighted by Gasteiger charge is -2.32. The largest absolute Gasteiger partial charge is 0.380 e. The molecule has 144 valence electrons. The van der Waals surface area contributed by atoms with Crippen LogP contribution in [0, 0.1) is 0 Å². The molecule has 1 aliphatic carbocycles. The van der Waals surface area contributed by atoms with Crippen LogP contribution in [0.2, 0.25) is 0 Å². The first-order valence-electron chi connectivity index (χ1n) is 10.6. The van der Waals surface area contributed by atoms with Gasteiger partial charge in [0, 0.05) is 32.8 Å². The van der Waals surface area contributed by atoms with Crippen LogP contribution in [-0.4, -0.2) is 55.7 Å². The number of hydrogen-bond donors (Lipinski definition) is 0. The second-order valence-electron chi connectivity index (χ2n) is 7.73. The SMILES string of the molecule is CCOCCN1CCCN(C2c3ccccc3CCc3ccccc32)CC1. The highest BCUT2D eigenvalue weighted by atomic mass is 16.5. The molecule has 2 aromatic carbocycles. The average Bonchev–Trinajstić information content (AvgIpc) is 3.03. The van der Waals surface area contributed by atoms with Crippen LogP contribution < -0.4 is 0 Å². The van der Waals surface area contributed by atoms with Gasteiger partial charge in [-0.15, -0.1) is 0 Å². The van der Waals surface area contributed by atoms with E-state index in [1.165, 1.54) is 41.8 Å². The van der Waals surface area contributed by atoms with E-state index in [0.29, 0.717) is 6.04 Å². The normalized spacial score (nSPS) is 19.1. The van der Waals surface area contributed by atoms with E-state index in [1.54, 1.807) is 0 Å². The minimum absolute atomic E-state index is 0.395. The van der Waals surface area contributed by atoms with Gasteiger partial charge in [0.15, 0.2) is 0 Å². The van der Waals surface area contributed by atoms with E-state index in [0.717, 1.165) is 45.7 Å². The van der Waals surface area contributed by atoms with Crippen LogP contribution >= 0.6 is 0 Å². The Balaban J connectivity index is 1.59. The van der Waals surface area contributed by atoms with E-state index in [4.69, 9.17) is 4.74 Å². The molecule has 2 aromatic rings. The molecule has 0 unspecified atom stereocenters. The Morgan fingerprint density at radius 1 is 0.852 bits per heavy atom. The minimum Gasteiger partial charge on any atom is -0.380 e. The molecule has 27 heavy (non-hydrogen) atoms. The molecule has 3 nitrogen and oxygen atoms in total. The Hall–Kier alpha value is -1.68. The van der Waals surface area contributed by atoms with Gasteiger partial charge in [-0.3, -0.25) is 9.80 Å². The number of hydrogen-bond acceptors (Lipinski definition) is 3. The number of rotatable bonds is 5. The van der Waals surface area contributed by atoms with Crippen LogP contribution in [0.3, 0.4) is 0 Å². The van der Waals surface area contributed by atoms with Crippen molar-refractivity contribution in [1.29, 1.82) is 0 Å². The van der Waals surface area contributed by atoms with Gasteiger partial charge in [0.2, 0.25) is 0 Å². The van der Waals surface area contributed by atoms with E-state index in [9.17, 15) is 0 Å². The number of aryl methyl sites for hydroxylation is 2. The van der Waals surface area contributed by atoms with Crippen molar-refractivity contribution in [2.24, 2.45) is 0 Å². The Morgan fingerprint density at radius 2 is 1.52 bits per heavy atom. The maximum Gasteiger partial charge on any atom is 0.0607 e. The summed E-state index contributed by atoms with van der Waals surface area (Å²) in [5.74, 6) is 0. The zero-order valence-corrected chi connectivity index (χ0v) is 16.6. The number of benzene rings is 2. The fraction of sp³-hybridized carbons (Fsp3) is 0.500. The smallest absolute Gasteiger partial charge is 0.0607 e. The molecule has 4 rings (SSSR count). The molecule has 2 aliphatic rings. The molecular weight excluding hydrogens is 332 g/mol. The van der Waals surface area contributed by atoms with Crippen LogP contribution in [0.4, 0.5) is 0 Å². The van der Waals surface area contributed by atoms with Crippen LogP contribution in [-0.2, 0) is 17.6 Å². The summed E-state index contributed by atoms with van der Waals surface area (Å²) in [6.07, 6.45) is 3.53. The molecule has 1 heterocycles. The molecule has 3 heteroatoms. The van der Waals surface area contributed by atoms with Gasteiger partial charge in [-0.2, -0.15) is 0 Å². The lowest BCUT2D eigenvalue weighted by atomic mass is 9.93. The van der Waals surface area contributed by atoms with E-state index in [-0.39, 0.29) is 0 Å². The van der Waals surface area contributed by atoms with Gasteiger partial charge < -0.3 is 4.74 Å². The zero-order chi connectivity index (χ0) is 18.5. The lowest BCUT2D eigenvalue weighted by Crippen LogP contribution is -2.35. The van der Waals surface area contributed by atoms with E-state index < -0.39 is 0 Å². The summed E-state index contributed by atoms with van der Waals surface area (Å²) in [5.41, 5.74) is 6.09. The van der Waals surface area contributed by atoms with Crippen LogP contribution in [0.15, 0.2) is 48.5 Å². The summed E-state index contributed by atoms with van der Waals surface area (Å²) in [4.78, 5) is 5.30. The molecule has 0 atom stereocenters. The van der Waals surface area contributed by atoms with Crippen molar-refractivity contribution in [3.8, 4) is 0 Å². The van der Waals surface area contributed by atoms with Gasteiger partial charge in [-0.1, -0.05) is 48.5 Å². The molecule has 0 saturated carbocycles. The average molecular weight is 365 g/mol. The number of ether oxygens (including phenoxy) is 1.